The Morgan fingerprint density at radius 3 is 2.25 bits per heavy atom. The van der Waals surface area contributed by atoms with Crippen LogP contribution in [0.1, 0.15) is 43.0 Å². The number of aryl methyl sites for hydroxylation is 3. The van der Waals surface area contributed by atoms with E-state index in [4.69, 9.17) is 4.74 Å². The van der Waals surface area contributed by atoms with Gasteiger partial charge >= 0.3 is 0 Å². The van der Waals surface area contributed by atoms with Crippen LogP contribution in [0.5, 0.6) is 5.75 Å². The van der Waals surface area contributed by atoms with E-state index >= 15 is 0 Å². The van der Waals surface area contributed by atoms with E-state index < -0.39 is 0 Å². The van der Waals surface area contributed by atoms with Crippen LogP contribution in [0.25, 0.3) is 0 Å². The number of carbonyl (C=O) groups is 1. The Kier molecular flexibility index (Phi) is 5.33. The third-order valence-corrected chi connectivity index (χ3v) is 4.01. The van der Waals surface area contributed by atoms with Gasteiger partial charge < -0.3 is 10.1 Å². The first kappa shape index (κ1) is 18.1. The van der Waals surface area contributed by atoms with Crippen molar-refractivity contribution in [1.82, 2.24) is 0 Å². The second kappa shape index (κ2) is 7.08. The molecular weight excluding hydrogens is 298 g/mol. The second-order valence-electron chi connectivity index (χ2n) is 7.39. The molecule has 0 aromatic heterocycles. The number of hydrogen-bond acceptors (Lipinski definition) is 2. The lowest BCUT2D eigenvalue weighted by atomic mass is 9.87. The van der Waals surface area contributed by atoms with Crippen LogP contribution in [0.4, 0.5) is 5.69 Å². The molecule has 0 unspecified atom stereocenters. The van der Waals surface area contributed by atoms with E-state index in [0.717, 1.165) is 22.6 Å². The summed E-state index contributed by atoms with van der Waals surface area (Å²) in [5.74, 6) is 0.570. The van der Waals surface area contributed by atoms with Crippen molar-refractivity contribution in [2.75, 3.05) is 11.9 Å². The second-order valence-corrected chi connectivity index (χ2v) is 7.39. The minimum absolute atomic E-state index is 0.000350. The highest BCUT2D eigenvalue weighted by Gasteiger charge is 2.14. The number of nitrogens with one attached hydrogen (secondary N) is 1. The fourth-order valence-electron chi connectivity index (χ4n) is 2.75. The molecular formula is C21H27NO2. The highest BCUT2D eigenvalue weighted by molar-refractivity contribution is 5.93. The number of amides is 1. The maximum absolute atomic E-state index is 12.2. The van der Waals surface area contributed by atoms with Gasteiger partial charge in [0, 0.05) is 5.69 Å². The molecule has 0 spiro atoms. The van der Waals surface area contributed by atoms with Crippen molar-refractivity contribution in [3.63, 3.8) is 0 Å². The maximum atomic E-state index is 12.2. The van der Waals surface area contributed by atoms with Gasteiger partial charge in [0.2, 0.25) is 0 Å². The van der Waals surface area contributed by atoms with Gasteiger partial charge in [-0.25, -0.2) is 0 Å². The fraction of sp³-hybridized carbons (Fsp3) is 0.381. The van der Waals surface area contributed by atoms with Crippen LogP contribution in [0.3, 0.4) is 0 Å². The normalized spacial score (nSPS) is 11.2. The van der Waals surface area contributed by atoms with Crippen molar-refractivity contribution in [2.24, 2.45) is 0 Å². The monoisotopic (exact) mass is 325 g/mol. The van der Waals surface area contributed by atoms with E-state index in [1.54, 1.807) is 0 Å². The zero-order valence-corrected chi connectivity index (χ0v) is 15.5. The lowest BCUT2D eigenvalue weighted by molar-refractivity contribution is -0.118. The predicted octanol–water partition coefficient (Wildman–Crippen LogP) is 4.93. The summed E-state index contributed by atoms with van der Waals surface area (Å²) in [6.45, 7) is 12.5. The molecule has 0 aliphatic carbocycles. The van der Waals surface area contributed by atoms with Gasteiger partial charge in [-0.3, -0.25) is 4.79 Å². The molecule has 0 bridgehead atoms. The third kappa shape index (κ3) is 4.60. The molecule has 0 aliphatic heterocycles. The number of ether oxygens (including phenoxy) is 1. The highest BCUT2D eigenvalue weighted by Crippen LogP contribution is 2.26. The molecule has 2 aromatic rings. The molecule has 2 rings (SSSR count). The molecule has 3 nitrogen and oxygen atoms in total. The third-order valence-electron chi connectivity index (χ3n) is 4.01. The van der Waals surface area contributed by atoms with E-state index in [1.165, 1.54) is 11.1 Å². The molecule has 0 saturated heterocycles. The Hall–Kier alpha value is -2.29. The smallest absolute Gasteiger partial charge is 0.262 e. The van der Waals surface area contributed by atoms with Gasteiger partial charge in [0.25, 0.3) is 5.91 Å². The number of carbonyl (C=O) groups excluding carboxylic acids is 1. The number of rotatable bonds is 4. The Morgan fingerprint density at radius 2 is 1.67 bits per heavy atom. The number of benzene rings is 2. The van der Waals surface area contributed by atoms with Gasteiger partial charge in [-0.2, -0.15) is 0 Å². The van der Waals surface area contributed by atoms with Crippen LogP contribution in [-0.2, 0) is 10.2 Å². The van der Waals surface area contributed by atoms with Crippen LogP contribution in [0.15, 0.2) is 36.4 Å². The van der Waals surface area contributed by atoms with E-state index in [0.29, 0.717) is 0 Å². The minimum atomic E-state index is -0.147. The summed E-state index contributed by atoms with van der Waals surface area (Å²) in [6, 6.07) is 12.0. The van der Waals surface area contributed by atoms with Crippen LogP contribution in [0, 0.1) is 20.8 Å². The van der Waals surface area contributed by atoms with Crippen molar-refractivity contribution in [3.05, 3.63) is 58.7 Å². The molecule has 0 aliphatic rings. The van der Waals surface area contributed by atoms with Crippen LogP contribution in [-0.4, -0.2) is 12.5 Å². The molecule has 1 amide bonds. The van der Waals surface area contributed by atoms with Gasteiger partial charge in [0.05, 0.1) is 0 Å². The Labute approximate surface area is 145 Å². The largest absolute Gasteiger partial charge is 0.484 e. The molecule has 0 radical (unpaired) electrons. The van der Waals surface area contributed by atoms with Crippen LogP contribution < -0.4 is 10.1 Å². The topological polar surface area (TPSA) is 38.3 Å². The molecule has 128 valence electrons. The van der Waals surface area contributed by atoms with Crippen LogP contribution >= 0.6 is 0 Å². The zero-order chi connectivity index (χ0) is 17.9. The summed E-state index contributed by atoms with van der Waals surface area (Å²) >= 11 is 0. The molecule has 0 fully saturated rings. The minimum Gasteiger partial charge on any atom is -0.484 e. The lowest BCUT2D eigenvalue weighted by Gasteiger charge is -2.19. The number of anilines is 1. The molecule has 3 heteroatoms. The predicted molar refractivity (Wildman–Crippen MR) is 99.9 cm³/mol. The molecule has 1 N–H and O–H groups in total. The van der Waals surface area contributed by atoms with E-state index in [9.17, 15) is 4.79 Å². The summed E-state index contributed by atoms with van der Waals surface area (Å²) < 4.78 is 5.67. The molecule has 24 heavy (non-hydrogen) atoms. The van der Waals surface area contributed by atoms with Gasteiger partial charge in [0.15, 0.2) is 6.61 Å². The quantitative estimate of drug-likeness (QED) is 0.866. The van der Waals surface area contributed by atoms with Crippen LogP contribution in [0.2, 0.25) is 0 Å². The van der Waals surface area contributed by atoms with E-state index in [1.807, 2.05) is 32.0 Å². The summed E-state index contributed by atoms with van der Waals surface area (Å²) in [5.41, 5.74) is 5.44. The Balaban J connectivity index is 2.02. The molecule has 2 aromatic carbocycles. The Bertz CT molecular complexity index is 719. The fourth-order valence-corrected chi connectivity index (χ4v) is 2.75. The van der Waals surface area contributed by atoms with Crippen molar-refractivity contribution in [2.45, 2.75) is 47.0 Å². The first-order valence-electron chi connectivity index (χ1n) is 8.28. The van der Waals surface area contributed by atoms with E-state index in [2.05, 4.69) is 51.2 Å². The van der Waals surface area contributed by atoms with Gasteiger partial charge in [0.1, 0.15) is 5.75 Å². The highest BCUT2D eigenvalue weighted by atomic mass is 16.5. The standard InChI is InChI=1S/C21H27NO2/c1-14-10-15(2)20(16(3)11-14)22-19(23)13-24-18-9-7-8-17(12-18)21(4,5)6/h7-12H,13H2,1-6H3,(H,22,23). The Morgan fingerprint density at radius 1 is 1.04 bits per heavy atom. The van der Waals surface area contributed by atoms with E-state index in [-0.39, 0.29) is 17.9 Å². The van der Waals surface area contributed by atoms with Crippen molar-refractivity contribution >= 4 is 11.6 Å². The zero-order valence-electron chi connectivity index (χ0n) is 15.5. The van der Waals surface area contributed by atoms with Crippen molar-refractivity contribution in [1.29, 1.82) is 0 Å². The lowest BCUT2D eigenvalue weighted by Crippen LogP contribution is -2.21. The first-order chi connectivity index (χ1) is 11.2. The van der Waals surface area contributed by atoms with Gasteiger partial charge in [-0.15, -0.1) is 0 Å². The van der Waals surface area contributed by atoms with Gasteiger partial charge in [-0.1, -0.05) is 50.6 Å². The maximum Gasteiger partial charge on any atom is 0.262 e. The SMILES string of the molecule is Cc1cc(C)c(NC(=O)COc2cccc(C(C)(C)C)c2)c(C)c1. The average Bonchev–Trinajstić information content (AvgIpc) is 2.48. The number of hydrogen-bond donors (Lipinski definition) is 1. The van der Waals surface area contributed by atoms with Gasteiger partial charge in [-0.05, 0) is 55.0 Å². The van der Waals surface area contributed by atoms with Crippen molar-refractivity contribution < 1.29 is 9.53 Å². The molecule has 0 heterocycles. The molecule has 0 saturated carbocycles. The summed E-state index contributed by atoms with van der Waals surface area (Å²) in [5, 5.41) is 2.96. The summed E-state index contributed by atoms with van der Waals surface area (Å²) in [7, 11) is 0. The molecule has 0 atom stereocenters. The first-order valence-corrected chi connectivity index (χ1v) is 8.28. The average molecular weight is 325 g/mol. The summed E-state index contributed by atoms with van der Waals surface area (Å²) in [6.07, 6.45) is 0. The van der Waals surface area contributed by atoms with Crippen molar-refractivity contribution in [3.8, 4) is 5.75 Å². The summed E-state index contributed by atoms with van der Waals surface area (Å²) in [4.78, 5) is 12.2.